The number of pyridine rings is 1. The van der Waals surface area contributed by atoms with Crippen LogP contribution in [0.15, 0.2) is 30.5 Å². The Labute approximate surface area is 107 Å². The van der Waals surface area contributed by atoms with Crippen LogP contribution in [-0.4, -0.2) is 26.8 Å². The van der Waals surface area contributed by atoms with Gasteiger partial charge in [-0.3, -0.25) is 4.79 Å². The second kappa shape index (κ2) is 3.91. The summed E-state index contributed by atoms with van der Waals surface area (Å²) in [6, 6.07) is 6.83. The quantitative estimate of drug-likeness (QED) is 0.688. The summed E-state index contributed by atoms with van der Waals surface area (Å²) < 4.78 is 0. The molecule has 2 N–H and O–H groups in total. The number of ketones is 1. The number of H-pyrrole nitrogens is 1. The van der Waals surface area contributed by atoms with Crippen LogP contribution in [-0.2, 0) is 0 Å². The Morgan fingerprint density at radius 2 is 1.89 bits per heavy atom. The van der Waals surface area contributed by atoms with Gasteiger partial charge < -0.3 is 10.1 Å². The van der Waals surface area contributed by atoms with Crippen LogP contribution in [0, 0.1) is 0 Å². The lowest BCUT2D eigenvalue weighted by Gasteiger charge is -1.97. The normalized spacial score (nSPS) is 11.0. The number of carbonyl (C=O) groups is 2. The lowest BCUT2D eigenvalue weighted by Crippen LogP contribution is -1.98. The van der Waals surface area contributed by atoms with Gasteiger partial charge in [-0.2, -0.15) is 0 Å². The number of aromatic carboxylic acids is 1. The molecular formula is C14H10N2O3. The fourth-order valence-electron chi connectivity index (χ4n) is 2.13. The molecule has 5 nitrogen and oxygen atoms in total. The standard InChI is InChI=1S/C14H10N2O3/c1-7(17)8-2-3-11-9(4-8)10-5-12(14(18)19)15-6-13(10)16-11/h2-6,16H,1H3,(H,18,19). The maximum atomic E-state index is 11.4. The van der Waals surface area contributed by atoms with E-state index in [9.17, 15) is 9.59 Å². The largest absolute Gasteiger partial charge is 0.477 e. The van der Waals surface area contributed by atoms with Crippen LogP contribution in [0.5, 0.6) is 0 Å². The number of hydrogen-bond acceptors (Lipinski definition) is 3. The number of fused-ring (bicyclic) bond motifs is 3. The molecule has 94 valence electrons. The van der Waals surface area contributed by atoms with Crippen LogP contribution < -0.4 is 0 Å². The molecule has 5 heteroatoms. The topological polar surface area (TPSA) is 83.0 Å². The van der Waals surface area contributed by atoms with Crippen LogP contribution >= 0.6 is 0 Å². The third-order valence-electron chi connectivity index (χ3n) is 3.11. The van der Waals surface area contributed by atoms with Gasteiger partial charge in [0.15, 0.2) is 5.78 Å². The molecule has 0 aliphatic carbocycles. The molecule has 0 saturated carbocycles. The summed E-state index contributed by atoms with van der Waals surface area (Å²) in [7, 11) is 0. The maximum Gasteiger partial charge on any atom is 0.354 e. The van der Waals surface area contributed by atoms with E-state index >= 15 is 0 Å². The van der Waals surface area contributed by atoms with Crippen molar-refractivity contribution in [3.63, 3.8) is 0 Å². The summed E-state index contributed by atoms with van der Waals surface area (Å²) in [5.74, 6) is -1.09. The number of carboxylic acid groups (broad SMARTS) is 1. The van der Waals surface area contributed by atoms with E-state index in [2.05, 4.69) is 9.97 Å². The monoisotopic (exact) mass is 254 g/mol. The molecule has 0 radical (unpaired) electrons. The number of carboxylic acids is 1. The minimum atomic E-state index is -1.07. The minimum absolute atomic E-state index is 0.0124. The number of benzene rings is 1. The molecule has 0 saturated heterocycles. The molecule has 0 atom stereocenters. The molecule has 0 aliphatic heterocycles. The highest BCUT2D eigenvalue weighted by molar-refractivity contribution is 6.10. The van der Waals surface area contributed by atoms with Crippen LogP contribution in [0.3, 0.4) is 0 Å². The number of hydrogen-bond donors (Lipinski definition) is 2. The summed E-state index contributed by atoms with van der Waals surface area (Å²) in [6.45, 7) is 1.50. The van der Waals surface area contributed by atoms with Crippen molar-refractivity contribution in [1.29, 1.82) is 0 Å². The highest BCUT2D eigenvalue weighted by Crippen LogP contribution is 2.26. The highest BCUT2D eigenvalue weighted by Gasteiger charge is 2.11. The molecule has 0 amide bonds. The summed E-state index contributed by atoms with van der Waals surface area (Å²) in [4.78, 5) is 29.4. The summed E-state index contributed by atoms with van der Waals surface area (Å²) in [6.07, 6.45) is 1.49. The first-order valence-electron chi connectivity index (χ1n) is 5.72. The molecule has 3 rings (SSSR count). The van der Waals surface area contributed by atoms with Gasteiger partial charge in [-0.1, -0.05) is 0 Å². The average molecular weight is 254 g/mol. The molecule has 0 aliphatic rings. The van der Waals surface area contributed by atoms with Gasteiger partial charge in [0.25, 0.3) is 0 Å². The first-order valence-corrected chi connectivity index (χ1v) is 5.72. The van der Waals surface area contributed by atoms with Crippen molar-refractivity contribution in [3.05, 3.63) is 41.7 Å². The van der Waals surface area contributed by atoms with Gasteiger partial charge in [-0.25, -0.2) is 9.78 Å². The van der Waals surface area contributed by atoms with Crippen LogP contribution in [0.4, 0.5) is 0 Å². The van der Waals surface area contributed by atoms with Gasteiger partial charge in [0.2, 0.25) is 0 Å². The molecule has 3 aromatic rings. The molecule has 19 heavy (non-hydrogen) atoms. The van der Waals surface area contributed by atoms with Gasteiger partial charge in [0, 0.05) is 21.9 Å². The Morgan fingerprint density at radius 3 is 2.58 bits per heavy atom. The maximum absolute atomic E-state index is 11.4. The van der Waals surface area contributed by atoms with E-state index in [1.54, 1.807) is 12.1 Å². The fraction of sp³-hybridized carbons (Fsp3) is 0.0714. The van der Waals surface area contributed by atoms with Crippen molar-refractivity contribution < 1.29 is 14.7 Å². The number of nitrogens with one attached hydrogen (secondary N) is 1. The Balaban J connectivity index is 2.37. The molecule has 1 aromatic carbocycles. The molecular weight excluding hydrogens is 244 g/mol. The predicted molar refractivity (Wildman–Crippen MR) is 70.6 cm³/mol. The third-order valence-corrected chi connectivity index (χ3v) is 3.11. The van der Waals surface area contributed by atoms with Gasteiger partial charge in [0.1, 0.15) is 5.69 Å². The molecule has 0 fully saturated rings. The summed E-state index contributed by atoms with van der Waals surface area (Å²) in [5.41, 5.74) is 2.19. The number of nitrogens with zero attached hydrogens (tertiary/aromatic N) is 1. The van der Waals surface area contributed by atoms with Crippen LogP contribution in [0.1, 0.15) is 27.8 Å². The zero-order valence-corrected chi connectivity index (χ0v) is 10.1. The van der Waals surface area contributed by atoms with Gasteiger partial charge >= 0.3 is 5.97 Å². The predicted octanol–water partition coefficient (Wildman–Crippen LogP) is 2.62. The highest BCUT2D eigenvalue weighted by atomic mass is 16.4. The first-order chi connectivity index (χ1) is 9.06. The van der Waals surface area contributed by atoms with Crippen molar-refractivity contribution in [2.75, 3.05) is 0 Å². The van der Waals surface area contributed by atoms with Crippen molar-refractivity contribution in [1.82, 2.24) is 9.97 Å². The first kappa shape index (κ1) is 11.4. The number of aromatic nitrogens is 2. The molecule has 2 aromatic heterocycles. The summed E-state index contributed by atoms with van der Waals surface area (Å²) >= 11 is 0. The Hall–Kier alpha value is -2.69. The van der Waals surface area contributed by atoms with Crippen LogP contribution in [0.25, 0.3) is 21.8 Å². The molecule has 0 bridgehead atoms. The van der Waals surface area contributed by atoms with Crippen molar-refractivity contribution in [2.45, 2.75) is 6.92 Å². The third kappa shape index (κ3) is 1.76. The van der Waals surface area contributed by atoms with E-state index < -0.39 is 5.97 Å². The lowest BCUT2D eigenvalue weighted by atomic mass is 10.1. The zero-order valence-electron chi connectivity index (χ0n) is 10.1. The smallest absolute Gasteiger partial charge is 0.354 e. The molecule has 0 spiro atoms. The van der Waals surface area contributed by atoms with E-state index in [0.29, 0.717) is 5.56 Å². The van der Waals surface area contributed by atoms with Crippen molar-refractivity contribution >= 4 is 33.6 Å². The molecule has 0 unspecified atom stereocenters. The van der Waals surface area contributed by atoms with E-state index in [-0.39, 0.29) is 11.5 Å². The number of rotatable bonds is 2. The second-order valence-electron chi connectivity index (χ2n) is 4.36. The fourth-order valence-corrected chi connectivity index (χ4v) is 2.13. The van der Waals surface area contributed by atoms with Crippen LogP contribution in [0.2, 0.25) is 0 Å². The number of aromatic amines is 1. The van der Waals surface area contributed by atoms with E-state index in [1.807, 2.05) is 6.07 Å². The number of Topliss-reactive ketones (excluding diaryl/α,β-unsaturated/α-hetero) is 1. The van der Waals surface area contributed by atoms with E-state index in [0.717, 1.165) is 21.8 Å². The van der Waals surface area contributed by atoms with Gasteiger partial charge in [-0.05, 0) is 31.2 Å². The SMILES string of the molecule is CC(=O)c1ccc2[nH]c3cnc(C(=O)O)cc3c2c1. The van der Waals surface area contributed by atoms with Gasteiger partial charge in [0.05, 0.1) is 11.7 Å². The zero-order chi connectivity index (χ0) is 13.6. The Morgan fingerprint density at radius 1 is 1.16 bits per heavy atom. The van der Waals surface area contributed by atoms with Crippen molar-refractivity contribution in [2.24, 2.45) is 0 Å². The number of carbonyl (C=O) groups excluding carboxylic acids is 1. The Bertz CT molecular complexity index is 765. The van der Waals surface area contributed by atoms with Crippen molar-refractivity contribution in [3.8, 4) is 0 Å². The second-order valence-corrected chi connectivity index (χ2v) is 4.36. The van der Waals surface area contributed by atoms with E-state index in [4.69, 9.17) is 5.11 Å². The average Bonchev–Trinajstić information content (AvgIpc) is 2.75. The lowest BCUT2D eigenvalue weighted by molar-refractivity contribution is 0.0690. The minimum Gasteiger partial charge on any atom is -0.477 e. The van der Waals surface area contributed by atoms with E-state index in [1.165, 1.54) is 19.2 Å². The Kier molecular flexibility index (Phi) is 2.35. The van der Waals surface area contributed by atoms with Gasteiger partial charge in [-0.15, -0.1) is 0 Å². The molecule has 2 heterocycles. The summed E-state index contributed by atoms with van der Waals surface area (Å²) in [5, 5.41) is 10.6.